The van der Waals surface area contributed by atoms with Crippen molar-refractivity contribution >= 4 is 23.4 Å². The first-order valence-electron chi connectivity index (χ1n) is 4.71. The molecule has 0 fully saturated rings. The summed E-state index contributed by atoms with van der Waals surface area (Å²) in [5.74, 6) is 0.786. The van der Waals surface area contributed by atoms with E-state index in [0.717, 1.165) is 17.3 Å². The third-order valence-electron chi connectivity index (χ3n) is 2.06. The molecular formula is C11H13N3S. The predicted octanol–water partition coefficient (Wildman–Crippen LogP) is 3.18. The number of aryl methyl sites for hydroxylation is 1. The lowest BCUT2D eigenvalue weighted by Gasteiger charge is -2.07. The van der Waals surface area contributed by atoms with Crippen molar-refractivity contribution in [3.63, 3.8) is 0 Å². The number of anilines is 2. The number of para-hydroxylation sites is 1. The Hall–Kier alpha value is -1.42. The van der Waals surface area contributed by atoms with Crippen molar-refractivity contribution < 1.29 is 0 Å². The first-order valence-corrected chi connectivity index (χ1v) is 5.93. The molecule has 0 spiro atoms. The first kappa shape index (κ1) is 10.1. The molecule has 15 heavy (non-hydrogen) atoms. The summed E-state index contributed by atoms with van der Waals surface area (Å²) in [7, 11) is 0. The molecule has 3 nitrogen and oxygen atoms in total. The Morgan fingerprint density at radius 3 is 2.80 bits per heavy atom. The molecule has 0 aliphatic heterocycles. The van der Waals surface area contributed by atoms with E-state index in [9.17, 15) is 0 Å². The van der Waals surface area contributed by atoms with Crippen LogP contribution in [0.15, 0.2) is 35.4 Å². The SMILES string of the molecule is CSc1ccccc1Nc1ncc(C)[nH]1. The van der Waals surface area contributed by atoms with Crippen LogP contribution in [0.5, 0.6) is 0 Å². The van der Waals surface area contributed by atoms with E-state index >= 15 is 0 Å². The molecule has 2 aromatic rings. The monoisotopic (exact) mass is 219 g/mol. The zero-order valence-corrected chi connectivity index (χ0v) is 9.56. The summed E-state index contributed by atoms with van der Waals surface area (Å²) < 4.78 is 0. The maximum absolute atomic E-state index is 4.21. The molecule has 0 saturated heterocycles. The second kappa shape index (κ2) is 4.40. The number of nitrogens with zero attached hydrogens (tertiary/aromatic N) is 1. The van der Waals surface area contributed by atoms with Crippen molar-refractivity contribution in [1.82, 2.24) is 9.97 Å². The third kappa shape index (κ3) is 2.33. The van der Waals surface area contributed by atoms with E-state index in [1.807, 2.05) is 31.3 Å². The number of H-pyrrole nitrogens is 1. The second-order valence-corrected chi connectivity index (χ2v) is 4.09. The predicted molar refractivity (Wildman–Crippen MR) is 64.8 cm³/mol. The third-order valence-corrected chi connectivity index (χ3v) is 2.86. The molecule has 2 rings (SSSR count). The summed E-state index contributed by atoms with van der Waals surface area (Å²) in [4.78, 5) is 8.57. The average molecular weight is 219 g/mol. The number of thioether (sulfide) groups is 1. The number of rotatable bonds is 3. The lowest BCUT2D eigenvalue weighted by Crippen LogP contribution is -1.93. The molecule has 0 aliphatic carbocycles. The van der Waals surface area contributed by atoms with Gasteiger partial charge in [0.25, 0.3) is 0 Å². The number of hydrogen-bond acceptors (Lipinski definition) is 3. The van der Waals surface area contributed by atoms with Crippen LogP contribution < -0.4 is 5.32 Å². The van der Waals surface area contributed by atoms with Crippen LogP contribution in [0.3, 0.4) is 0 Å². The minimum atomic E-state index is 0.786. The lowest BCUT2D eigenvalue weighted by molar-refractivity contribution is 1.23. The molecule has 0 amide bonds. The largest absolute Gasteiger partial charge is 0.328 e. The van der Waals surface area contributed by atoms with Crippen molar-refractivity contribution in [2.24, 2.45) is 0 Å². The molecule has 0 atom stereocenters. The number of nitrogens with one attached hydrogen (secondary N) is 2. The summed E-state index contributed by atoms with van der Waals surface area (Å²) >= 11 is 1.72. The number of imidazole rings is 1. The van der Waals surface area contributed by atoms with Gasteiger partial charge in [-0.3, -0.25) is 0 Å². The van der Waals surface area contributed by atoms with Gasteiger partial charge in [-0.1, -0.05) is 12.1 Å². The van der Waals surface area contributed by atoms with Crippen LogP contribution in [0.25, 0.3) is 0 Å². The van der Waals surface area contributed by atoms with Gasteiger partial charge in [-0.25, -0.2) is 4.98 Å². The van der Waals surface area contributed by atoms with Gasteiger partial charge < -0.3 is 10.3 Å². The summed E-state index contributed by atoms with van der Waals surface area (Å²) in [6.07, 6.45) is 3.87. The van der Waals surface area contributed by atoms with E-state index < -0.39 is 0 Å². The van der Waals surface area contributed by atoms with Crippen molar-refractivity contribution in [2.75, 3.05) is 11.6 Å². The van der Waals surface area contributed by atoms with Gasteiger partial charge in [0, 0.05) is 16.8 Å². The summed E-state index contributed by atoms with van der Waals surface area (Å²) in [6, 6.07) is 8.18. The van der Waals surface area contributed by atoms with E-state index in [2.05, 4.69) is 27.6 Å². The maximum atomic E-state index is 4.21. The Bertz CT molecular complexity index is 451. The van der Waals surface area contributed by atoms with E-state index in [1.165, 1.54) is 4.90 Å². The van der Waals surface area contributed by atoms with Crippen molar-refractivity contribution in [2.45, 2.75) is 11.8 Å². The summed E-state index contributed by atoms with van der Waals surface area (Å²) in [6.45, 7) is 1.98. The van der Waals surface area contributed by atoms with Crippen LogP contribution in [0.4, 0.5) is 11.6 Å². The Labute approximate surface area is 93.3 Å². The first-order chi connectivity index (χ1) is 7.29. The topological polar surface area (TPSA) is 40.7 Å². The Morgan fingerprint density at radius 1 is 1.33 bits per heavy atom. The van der Waals surface area contributed by atoms with Crippen molar-refractivity contribution in [3.8, 4) is 0 Å². The average Bonchev–Trinajstić information content (AvgIpc) is 2.65. The second-order valence-electron chi connectivity index (χ2n) is 3.24. The van der Waals surface area contributed by atoms with Gasteiger partial charge in [-0.15, -0.1) is 11.8 Å². The minimum absolute atomic E-state index is 0.786. The van der Waals surface area contributed by atoms with E-state index in [4.69, 9.17) is 0 Å². The van der Waals surface area contributed by atoms with Crippen LogP contribution in [0.1, 0.15) is 5.69 Å². The molecule has 0 unspecified atom stereocenters. The highest BCUT2D eigenvalue weighted by Gasteiger charge is 2.02. The molecule has 1 aromatic heterocycles. The van der Waals surface area contributed by atoms with Crippen LogP contribution in [0, 0.1) is 6.92 Å². The number of hydrogen-bond donors (Lipinski definition) is 2. The zero-order chi connectivity index (χ0) is 10.7. The summed E-state index contributed by atoms with van der Waals surface area (Å²) in [5, 5.41) is 3.26. The smallest absolute Gasteiger partial charge is 0.204 e. The summed E-state index contributed by atoms with van der Waals surface area (Å²) in [5.41, 5.74) is 2.14. The van der Waals surface area contributed by atoms with Crippen molar-refractivity contribution in [3.05, 3.63) is 36.2 Å². The molecule has 2 N–H and O–H groups in total. The van der Waals surface area contributed by atoms with Gasteiger partial charge in [-0.05, 0) is 25.3 Å². The normalized spacial score (nSPS) is 10.3. The molecule has 1 heterocycles. The number of aromatic amines is 1. The molecular weight excluding hydrogens is 206 g/mol. The molecule has 0 saturated carbocycles. The van der Waals surface area contributed by atoms with Crippen molar-refractivity contribution in [1.29, 1.82) is 0 Å². The van der Waals surface area contributed by atoms with Gasteiger partial charge in [0.15, 0.2) is 0 Å². The fourth-order valence-corrected chi connectivity index (χ4v) is 1.91. The fourth-order valence-electron chi connectivity index (χ4n) is 1.35. The Balaban J connectivity index is 2.23. The van der Waals surface area contributed by atoms with Gasteiger partial charge in [-0.2, -0.15) is 0 Å². The molecule has 4 heteroatoms. The van der Waals surface area contributed by atoms with E-state index in [-0.39, 0.29) is 0 Å². The van der Waals surface area contributed by atoms with E-state index in [0.29, 0.717) is 0 Å². The van der Waals surface area contributed by atoms with E-state index in [1.54, 1.807) is 11.8 Å². The highest BCUT2D eigenvalue weighted by atomic mass is 32.2. The van der Waals surface area contributed by atoms with Gasteiger partial charge >= 0.3 is 0 Å². The molecule has 1 aromatic carbocycles. The van der Waals surface area contributed by atoms with Crippen LogP contribution >= 0.6 is 11.8 Å². The molecule has 0 radical (unpaired) electrons. The number of aromatic nitrogens is 2. The zero-order valence-electron chi connectivity index (χ0n) is 8.74. The molecule has 0 bridgehead atoms. The van der Waals surface area contributed by atoms with Gasteiger partial charge in [0.1, 0.15) is 0 Å². The van der Waals surface area contributed by atoms with Gasteiger partial charge in [0.05, 0.1) is 5.69 Å². The standard InChI is InChI=1S/C11H13N3S/c1-8-7-12-11(13-8)14-9-5-3-4-6-10(9)15-2/h3-7H,1-2H3,(H2,12,13,14). The Morgan fingerprint density at radius 2 is 2.13 bits per heavy atom. The highest BCUT2D eigenvalue weighted by molar-refractivity contribution is 7.98. The quantitative estimate of drug-likeness (QED) is 0.779. The Kier molecular flexibility index (Phi) is 2.97. The van der Waals surface area contributed by atoms with Crippen LogP contribution in [-0.4, -0.2) is 16.2 Å². The lowest BCUT2D eigenvalue weighted by atomic mass is 10.3. The maximum Gasteiger partial charge on any atom is 0.204 e. The van der Waals surface area contributed by atoms with Crippen LogP contribution in [-0.2, 0) is 0 Å². The highest BCUT2D eigenvalue weighted by Crippen LogP contribution is 2.26. The number of benzene rings is 1. The molecule has 0 aliphatic rings. The molecule has 78 valence electrons. The fraction of sp³-hybridized carbons (Fsp3) is 0.182. The van der Waals surface area contributed by atoms with Crippen LogP contribution in [0.2, 0.25) is 0 Å². The van der Waals surface area contributed by atoms with Gasteiger partial charge in [0.2, 0.25) is 5.95 Å². The minimum Gasteiger partial charge on any atom is -0.328 e.